The highest BCUT2D eigenvalue weighted by molar-refractivity contribution is 7.99. The molecule has 0 bridgehead atoms. The quantitative estimate of drug-likeness (QED) is 0.859. The highest BCUT2D eigenvalue weighted by Gasteiger charge is 2.16. The minimum Gasteiger partial charge on any atom is -0.493 e. The fourth-order valence-electron chi connectivity index (χ4n) is 1.69. The average Bonchev–Trinajstić information content (AvgIpc) is 2.50. The Kier molecular flexibility index (Phi) is 3.49. The molecule has 1 atom stereocenters. The van der Waals surface area contributed by atoms with Crippen molar-refractivity contribution >= 4 is 17.4 Å². The Bertz CT molecular complexity index is 347. The van der Waals surface area contributed by atoms with Gasteiger partial charge in [-0.15, -0.1) is 11.8 Å². The van der Waals surface area contributed by atoms with Crippen LogP contribution in [0.4, 0.5) is 5.69 Å². The molecule has 2 rings (SSSR count). The van der Waals surface area contributed by atoms with Crippen LogP contribution in [0.5, 0.6) is 11.5 Å². The Morgan fingerprint density at radius 3 is 2.62 bits per heavy atom. The van der Waals surface area contributed by atoms with Crippen molar-refractivity contribution in [3.8, 4) is 11.5 Å². The van der Waals surface area contributed by atoms with E-state index in [2.05, 4.69) is 12.2 Å². The smallest absolute Gasteiger partial charge is 0.162 e. The summed E-state index contributed by atoms with van der Waals surface area (Å²) >= 11 is 1.87. The van der Waals surface area contributed by atoms with Crippen LogP contribution in [0.1, 0.15) is 6.92 Å². The van der Waals surface area contributed by atoms with Gasteiger partial charge >= 0.3 is 0 Å². The van der Waals surface area contributed by atoms with Crippen LogP contribution < -0.4 is 14.8 Å². The van der Waals surface area contributed by atoms with Crippen molar-refractivity contribution in [3.63, 3.8) is 0 Å². The molecule has 1 heterocycles. The lowest BCUT2D eigenvalue weighted by Crippen LogP contribution is -2.10. The summed E-state index contributed by atoms with van der Waals surface area (Å²) in [5, 5.41) is 3.44. The summed E-state index contributed by atoms with van der Waals surface area (Å²) < 4.78 is 10.6. The molecule has 1 aliphatic heterocycles. The summed E-state index contributed by atoms with van der Waals surface area (Å²) in [6.07, 6.45) is 0. The Morgan fingerprint density at radius 1 is 1.25 bits per heavy atom. The zero-order chi connectivity index (χ0) is 11.5. The SMILES string of the molecule is COc1cc2c(cc1OC)SCC(C)CN2. The van der Waals surface area contributed by atoms with E-state index in [-0.39, 0.29) is 0 Å². The molecule has 0 aromatic heterocycles. The molecule has 0 saturated carbocycles. The first-order chi connectivity index (χ1) is 7.74. The number of rotatable bonds is 2. The third-order valence-corrected chi connectivity index (χ3v) is 4.03. The van der Waals surface area contributed by atoms with E-state index in [1.54, 1.807) is 14.2 Å². The van der Waals surface area contributed by atoms with Gasteiger partial charge in [0.2, 0.25) is 0 Å². The average molecular weight is 239 g/mol. The molecule has 1 aromatic carbocycles. The third-order valence-electron chi connectivity index (χ3n) is 2.65. The minimum atomic E-state index is 0.675. The monoisotopic (exact) mass is 239 g/mol. The topological polar surface area (TPSA) is 30.5 Å². The highest BCUT2D eigenvalue weighted by Crippen LogP contribution is 2.40. The van der Waals surface area contributed by atoms with E-state index in [0.717, 1.165) is 29.5 Å². The largest absolute Gasteiger partial charge is 0.493 e. The summed E-state index contributed by atoms with van der Waals surface area (Å²) in [4.78, 5) is 1.24. The maximum absolute atomic E-state index is 5.30. The van der Waals surface area contributed by atoms with Crippen molar-refractivity contribution in [2.75, 3.05) is 31.8 Å². The van der Waals surface area contributed by atoms with Crippen LogP contribution in [-0.4, -0.2) is 26.5 Å². The van der Waals surface area contributed by atoms with E-state index < -0.39 is 0 Å². The molecule has 1 unspecified atom stereocenters. The first-order valence-corrected chi connectivity index (χ1v) is 6.36. The molecule has 0 saturated heterocycles. The lowest BCUT2D eigenvalue weighted by molar-refractivity contribution is 0.354. The molecule has 0 fully saturated rings. The van der Waals surface area contributed by atoms with Gasteiger partial charge in [0.15, 0.2) is 11.5 Å². The van der Waals surface area contributed by atoms with Gasteiger partial charge in [-0.25, -0.2) is 0 Å². The van der Waals surface area contributed by atoms with Gasteiger partial charge in [0.1, 0.15) is 0 Å². The molecule has 1 N–H and O–H groups in total. The zero-order valence-electron chi connectivity index (χ0n) is 9.87. The molecular weight excluding hydrogens is 222 g/mol. The van der Waals surface area contributed by atoms with E-state index in [4.69, 9.17) is 9.47 Å². The number of thioether (sulfide) groups is 1. The summed E-state index contributed by atoms with van der Waals surface area (Å²) in [5.74, 6) is 3.39. The Morgan fingerprint density at radius 2 is 1.94 bits per heavy atom. The Labute approximate surface area is 101 Å². The summed E-state index contributed by atoms with van der Waals surface area (Å²) in [6, 6.07) is 4.06. The van der Waals surface area contributed by atoms with E-state index in [1.807, 2.05) is 23.9 Å². The van der Waals surface area contributed by atoms with Gasteiger partial charge in [-0.1, -0.05) is 6.92 Å². The van der Waals surface area contributed by atoms with Gasteiger partial charge in [-0.3, -0.25) is 0 Å². The number of benzene rings is 1. The van der Waals surface area contributed by atoms with Crippen molar-refractivity contribution in [2.24, 2.45) is 5.92 Å². The Balaban J connectivity index is 2.37. The van der Waals surface area contributed by atoms with Gasteiger partial charge in [-0.05, 0) is 12.0 Å². The van der Waals surface area contributed by atoms with E-state index in [1.165, 1.54) is 4.90 Å². The molecule has 0 spiro atoms. The molecule has 0 radical (unpaired) electrons. The van der Waals surface area contributed by atoms with Gasteiger partial charge < -0.3 is 14.8 Å². The molecule has 4 heteroatoms. The van der Waals surface area contributed by atoms with E-state index in [0.29, 0.717) is 5.92 Å². The lowest BCUT2D eigenvalue weighted by Gasteiger charge is -2.13. The third kappa shape index (κ3) is 2.21. The second-order valence-corrected chi connectivity index (χ2v) is 5.06. The predicted octanol–water partition coefficient (Wildman–Crippen LogP) is 2.86. The molecule has 0 aliphatic carbocycles. The fourth-order valence-corrected chi connectivity index (χ4v) is 2.75. The number of methoxy groups -OCH3 is 2. The van der Waals surface area contributed by atoms with Crippen LogP contribution in [0.25, 0.3) is 0 Å². The standard InChI is InChI=1S/C12H17NO2S/c1-8-6-13-9-4-10(14-2)11(15-3)5-12(9)16-7-8/h4-5,8,13H,6-7H2,1-3H3. The molecular formula is C12H17NO2S. The normalized spacial score (nSPS) is 19.3. The van der Waals surface area contributed by atoms with Gasteiger partial charge in [0.05, 0.1) is 19.9 Å². The maximum atomic E-state index is 5.30. The molecule has 16 heavy (non-hydrogen) atoms. The minimum absolute atomic E-state index is 0.675. The predicted molar refractivity (Wildman–Crippen MR) is 67.9 cm³/mol. The summed E-state index contributed by atoms with van der Waals surface area (Å²) in [7, 11) is 3.33. The Hall–Kier alpha value is -1.03. The zero-order valence-corrected chi connectivity index (χ0v) is 10.7. The molecule has 1 aromatic rings. The van der Waals surface area contributed by atoms with Crippen LogP contribution in [0.2, 0.25) is 0 Å². The fraction of sp³-hybridized carbons (Fsp3) is 0.500. The van der Waals surface area contributed by atoms with Crippen molar-refractivity contribution < 1.29 is 9.47 Å². The van der Waals surface area contributed by atoms with Crippen LogP contribution in [0.15, 0.2) is 17.0 Å². The first kappa shape index (κ1) is 11.5. The van der Waals surface area contributed by atoms with Gasteiger partial charge in [0.25, 0.3) is 0 Å². The van der Waals surface area contributed by atoms with Gasteiger partial charge in [0, 0.05) is 23.3 Å². The first-order valence-electron chi connectivity index (χ1n) is 5.37. The number of ether oxygens (including phenoxy) is 2. The lowest BCUT2D eigenvalue weighted by atomic mass is 10.2. The highest BCUT2D eigenvalue weighted by atomic mass is 32.2. The van der Waals surface area contributed by atoms with Crippen molar-refractivity contribution in [3.05, 3.63) is 12.1 Å². The van der Waals surface area contributed by atoms with Crippen LogP contribution in [0, 0.1) is 5.92 Å². The number of nitrogens with one attached hydrogen (secondary N) is 1. The second-order valence-electron chi connectivity index (χ2n) is 4.00. The van der Waals surface area contributed by atoms with E-state index in [9.17, 15) is 0 Å². The number of anilines is 1. The number of hydrogen-bond acceptors (Lipinski definition) is 4. The molecule has 88 valence electrons. The van der Waals surface area contributed by atoms with Crippen LogP contribution in [0.3, 0.4) is 0 Å². The van der Waals surface area contributed by atoms with Crippen molar-refractivity contribution in [1.82, 2.24) is 0 Å². The number of hydrogen-bond donors (Lipinski definition) is 1. The van der Waals surface area contributed by atoms with Crippen molar-refractivity contribution in [1.29, 1.82) is 0 Å². The maximum Gasteiger partial charge on any atom is 0.162 e. The van der Waals surface area contributed by atoms with Crippen molar-refractivity contribution in [2.45, 2.75) is 11.8 Å². The molecule has 3 nitrogen and oxygen atoms in total. The number of fused-ring (bicyclic) bond motifs is 1. The summed E-state index contributed by atoms with van der Waals surface area (Å²) in [6.45, 7) is 3.26. The molecule has 1 aliphatic rings. The van der Waals surface area contributed by atoms with Gasteiger partial charge in [-0.2, -0.15) is 0 Å². The summed E-state index contributed by atoms with van der Waals surface area (Å²) in [5.41, 5.74) is 1.15. The van der Waals surface area contributed by atoms with Crippen LogP contribution in [-0.2, 0) is 0 Å². The van der Waals surface area contributed by atoms with Crippen LogP contribution >= 0.6 is 11.8 Å². The molecule has 0 amide bonds. The second kappa shape index (κ2) is 4.87. The van der Waals surface area contributed by atoms with E-state index >= 15 is 0 Å².